The van der Waals surface area contributed by atoms with Crippen LogP contribution in [0.3, 0.4) is 0 Å². The maximum atomic E-state index is 12.7. The summed E-state index contributed by atoms with van der Waals surface area (Å²) in [7, 11) is 2.87. The third kappa shape index (κ3) is 7.47. The van der Waals surface area contributed by atoms with E-state index in [4.69, 9.17) is 28.4 Å². The molecule has 0 amide bonds. The Balaban J connectivity index is 1.12. The van der Waals surface area contributed by atoms with Crippen molar-refractivity contribution in [2.75, 3.05) is 34.0 Å². The fourth-order valence-electron chi connectivity index (χ4n) is 12.7. The van der Waals surface area contributed by atoms with Crippen LogP contribution in [0.2, 0.25) is 0 Å². The predicted molar refractivity (Wildman–Crippen MR) is 195 cm³/mol. The van der Waals surface area contributed by atoms with Crippen molar-refractivity contribution in [1.82, 2.24) is 0 Å². The van der Waals surface area contributed by atoms with E-state index in [1.54, 1.807) is 0 Å². The van der Waals surface area contributed by atoms with Crippen LogP contribution in [0.4, 0.5) is 0 Å². The van der Waals surface area contributed by atoms with Crippen LogP contribution in [0.15, 0.2) is 0 Å². The van der Waals surface area contributed by atoms with Crippen molar-refractivity contribution in [2.24, 2.45) is 52.3 Å². The van der Waals surface area contributed by atoms with Crippen LogP contribution in [0, 0.1) is 52.3 Å². The molecule has 7 unspecified atom stereocenters. The highest BCUT2D eigenvalue weighted by atomic mass is 16.8. The van der Waals surface area contributed by atoms with Gasteiger partial charge in [-0.2, -0.15) is 0 Å². The number of aliphatic hydroxyl groups excluding tert-OH is 8. The summed E-state index contributed by atoms with van der Waals surface area (Å²) in [5, 5.41) is 101. The second-order valence-electron chi connectivity index (χ2n) is 18.8. The highest BCUT2D eigenvalue weighted by Crippen LogP contribution is 2.70. The first-order valence-corrected chi connectivity index (χ1v) is 20.6. The summed E-state index contributed by atoms with van der Waals surface area (Å²) in [4.78, 5) is 0. The fourth-order valence-corrected chi connectivity index (χ4v) is 12.7. The summed E-state index contributed by atoms with van der Waals surface area (Å²) in [6, 6.07) is 0. The standard InChI is InChI=1S/C40H70O15/c1-18(2)20(16-52-37-34(29(45)23(15-41)54-37)55-36-33(51-7)30(46)24(50-6)17-53-36)9-8-19(3)26-31(47)32(48)35-39(26,5)13-11-25-38(4)12-10-21(42)28(44)27(38)22(43)14-40(25,35)49/h18-37,41-49H,8-17H2,1-7H3/t19?,20?,21-,22-,23-,24+,25?,26?,27?,28-,29+,30-,31+,32+,33+,34+,35?,36-,37?,38+,39+,40-/m0/s1. The van der Waals surface area contributed by atoms with Gasteiger partial charge in [0.2, 0.25) is 0 Å². The van der Waals surface area contributed by atoms with Crippen molar-refractivity contribution >= 4 is 0 Å². The zero-order chi connectivity index (χ0) is 40.4. The van der Waals surface area contributed by atoms with E-state index >= 15 is 0 Å². The Labute approximate surface area is 325 Å². The largest absolute Gasteiger partial charge is 0.394 e. The molecule has 0 bridgehead atoms. The Kier molecular flexibility index (Phi) is 13.4. The molecule has 55 heavy (non-hydrogen) atoms. The van der Waals surface area contributed by atoms with Crippen molar-refractivity contribution in [3.8, 4) is 0 Å². The topological polar surface area (TPSA) is 237 Å². The minimum absolute atomic E-state index is 0.0180. The van der Waals surface area contributed by atoms with E-state index in [2.05, 4.69) is 27.7 Å². The molecule has 4 aliphatic carbocycles. The summed E-state index contributed by atoms with van der Waals surface area (Å²) < 4.78 is 34.9. The van der Waals surface area contributed by atoms with Crippen LogP contribution in [0.5, 0.6) is 0 Å². The summed E-state index contributed by atoms with van der Waals surface area (Å²) in [5.41, 5.74) is -2.73. The fraction of sp³-hybridized carbons (Fsp3) is 1.00. The molecule has 2 saturated heterocycles. The van der Waals surface area contributed by atoms with Crippen LogP contribution in [0.25, 0.3) is 0 Å². The van der Waals surface area contributed by atoms with E-state index in [9.17, 15) is 46.0 Å². The first-order valence-electron chi connectivity index (χ1n) is 20.6. The lowest BCUT2D eigenvalue weighted by Crippen LogP contribution is -2.71. The normalized spacial score (nSPS) is 52.4. The number of ether oxygens (including phenoxy) is 6. The number of methoxy groups -OCH3 is 2. The molecule has 4 saturated carbocycles. The van der Waals surface area contributed by atoms with Gasteiger partial charge < -0.3 is 74.4 Å². The molecule has 6 fully saturated rings. The molecular formula is C40H70O15. The van der Waals surface area contributed by atoms with Gasteiger partial charge in [-0.3, -0.25) is 0 Å². The van der Waals surface area contributed by atoms with E-state index in [0.717, 1.165) is 0 Å². The molecule has 2 heterocycles. The van der Waals surface area contributed by atoms with Crippen LogP contribution in [0.1, 0.15) is 79.6 Å². The van der Waals surface area contributed by atoms with Gasteiger partial charge in [-0.15, -0.1) is 0 Å². The lowest BCUT2D eigenvalue weighted by molar-refractivity contribution is -0.310. The Hall–Kier alpha value is -0.600. The Morgan fingerprint density at radius 2 is 1.45 bits per heavy atom. The minimum Gasteiger partial charge on any atom is -0.394 e. The number of hydrogen-bond acceptors (Lipinski definition) is 15. The van der Waals surface area contributed by atoms with Gasteiger partial charge in [-0.05, 0) is 78.9 Å². The number of aliphatic hydroxyl groups is 9. The second kappa shape index (κ2) is 16.8. The maximum absolute atomic E-state index is 12.7. The molecule has 0 aromatic carbocycles. The van der Waals surface area contributed by atoms with E-state index in [1.807, 2.05) is 6.92 Å². The quantitative estimate of drug-likeness (QED) is 0.119. The monoisotopic (exact) mass is 790 g/mol. The van der Waals surface area contributed by atoms with E-state index in [-0.39, 0.29) is 49.2 Å². The van der Waals surface area contributed by atoms with Gasteiger partial charge in [0.25, 0.3) is 0 Å². The molecule has 15 nitrogen and oxygen atoms in total. The zero-order valence-corrected chi connectivity index (χ0v) is 33.6. The lowest BCUT2D eigenvalue weighted by atomic mass is 9.41. The molecule has 6 rings (SSSR count). The molecule has 9 N–H and O–H groups in total. The summed E-state index contributed by atoms with van der Waals surface area (Å²) in [6.07, 6.45) is -9.78. The van der Waals surface area contributed by atoms with Gasteiger partial charge in [-0.1, -0.05) is 34.6 Å². The van der Waals surface area contributed by atoms with Gasteiger partial charge in [0, 0.05) is 32.5 Å². The number of hydrogen-bond donors (Lipinski definition) is 9. The lowest BCUT2D eigenvalue weighted by Gasteiger charge is -2.66. The first kappa shape index (κ1) is 44.0. The Morgan fingerprint density at radius 1 is 0.764 bits per heavy atom. The minimum atomic E-state index is -1.46. The summed E-state index contributed by atoms with van der Waals surface area (Å²) in [5.74, 6) is -1.79. The molecule has 6 aliphatic rings. The van der Waals surface area contributed by atoms with E-state index in [1.165, 1.54) is 14.2 Å². The highest BCUT2D eigenvalue weighted by molar-refractivity contribution is 5.22. The van der Waals surface area contributed by atoms with Crippen molar-refractivity contribution in [2.45, 2.75) is 165 Å². The van der Waals surface area contributed by atoms with Crippen LogP contribution < -0.4 is 0 Å². The van der Waals surface area contributed by atoms with E-state index < -0.39 is 115 Å². The number of rotatable bonds is 13. The van der Waals surface area contributed by atoms with Gasteiger partial charge >= 0.3 is 0 Å². The molecule has 0 radical (unpaired) electrons. The highest BCUT2D eigenvalue weighted by Gasteiger charge is 2.73. The number of fused-ring (bicyclic) bond motifs is 5. The van der Waals surface area contributed by atoms with E-state index in [0.29, 0.717) is 38.5 Å². The second-order valence-corrected chi connectivity index (χ2v) is 18.8. The molecular weight excluding hydrogens is 720 g/mol. The van der Waals surface area contributed by atoms with Gasteiger partial charge in [0.05, 0.1) is 55.9 Å². The first-order chi connectivity index (χ1) is 25.9. The Bertz CT molecular complexity index is 1280. The molecule has 0 aromatic heterocycles. The van der Waals surface area contributed by atoms with Crippen LogP contribution in [-0.4, -0.2) is 165 Å². The summed E-state index contributed by atoms with van der Waals surface area (Å²) >= 11 is 0. The van der Waals surface area contributed by atoms with Crippen LogP contribution >= 0.6 is 0 Å². The smallest absolute Gasteiger partial charge is 0.187 e. The summed E-state index contributed by atoms with van der Waals surface area (Å²) in [6.45, 7) is 10.1. The predicted octanol–water partition coefficient (Wildman–Crippen LogP) is -0.0801. The molecule has 15 heteroatoms. The maximum Gasteiger partial charge on any atom is 0.187 e. The van der Waals surface area contributed by atoms with Crippen molar-refractivity contribution in [3.05, 3.63) is 0 Å². The third-order valence-electron chi connectivity index (χ3n) is 15.7. The molecule has 2 aliphatic heterocycles. The average molecular weight is 791 g/mol. The van der Waals surface area contributed by atoms with Gasteiger partial charge in [-0.25, -0.2) is 0 Å². The van der Waals surface area contributed by atoms with Crippen molar-refractivity contribution < 1.29 is 74.4 Å². The molecule has 22 atom stereocenters. The molecule has 0 spiro atoms. The third-order valence-corrected chi connectivity index (χ3v) is 15.7. The SMILES string of the molecule is CO[C@H]1[C@H](O[C@H]2C(OCC(CCC(C)C3[C@@H](O)[C@@H](O)C4[C@]3(C)CCC3[C@@]5(C)CC[C@H](O)[C@H](O)C5[C@@H](O)C[C@]34O)C(C)C)O[C@@H](CO)[C@H]2O)OC[C@@H](OC)[C@@H]1O. The average Bonchev–Trinajstić information content (AvgIpc) is 3.53. The van der Waals surface area contributed by atoms with Crippen LogP contribution in [-0.2, 0) is 28.4 Å². The Morgan fingerprint density at radius 3 is 2.09 bits per heavy atom. The van der Waals surface area contributed by atoms with Crippen molar-refractivity contribution in [1.29, 1.82) is 0 Å². The zero-order valence-electron chi connectivity index (χ0n) is 33.6. The molecule has 0 aromatic rings. The molecule has 320 valence electrons. The van der Waals surface area contributed by atoms with Crippen molar-refractivity contribution in [3.63, 3.8) is 0 Å². The van der Waals surface area contributed by atoms with Gasteiger partial charge in [0.15, 0.2) is 12.6 Å². The van der Waals surface area contributed by atoms with Gasteiger partial charge in [0.1, 0.15) is 36.6 Å².